The number of carbonyl (C=O) groups is 3. The summed E-state index contributed by atoms with van der Waals surface area (Å²) in [6.07, 6.45) is 3.04. The summed E-state index contributed by atoms with van der Waals surface area (Å²) in [7, 11) is 0. The maximum atomic E-state index is 12.4. The number of aromatic nitrogens is 2. The minimum Gasteiger partial charge on any atom is -0.477 e. The molecular weight excluding hydrogens is 346 g/mol. The molecule has 4 rings (SSSR count). The van der Waals surface area contributed by atoms with Crippen molar-refractivity contribution >= 4 is 39.9 Å². The summed E-state index contributed by atoms with van der Waals surface area (Å²) in [4.78, 5) is 41.8. The van der Waals surface area contributed by atoms with Crippen LogP contribution in [-0.4, -0.2) is 54.8 Å². The highest BCUT2D eigenvalue weighted by Gasteiger charge is 2.60. The van der Waals surface area contributed by atoms with Crippen molar-refractivity contribution in [2.24, 2.45) is 11.8 Å². The SMILES string of the molecule is C[C@@H](O)[C@H]1C(=O)N2C(C(=O)O)=C(c3cn4cnc(C=O)c4s3)[C@H](C)[C@H]12. The number of aldehydes is 1. The maximum absolute atomic E-state index is 12.4. The fourth-order valence-corrected chi connectivity index (χ4v) is 5.09. The Bertz CT molecular complexity index is 956. The van der Waals surface area contributed by atoms with Gasteiger partial charge in [0.1, 0.15) is 22.5 Å². The zero-order valence-corrected chi connectivity index (χ0v) is 14.2. The lowest BCUT2D eigenvalue weighted by Crippen LogP contribution is -2.63. The fourth-order valence-electron chi connectivity index (χ4n) is 3.92. The number of nitrogens with zero attached hydrogens (tertiary/aromatic N) is 3. The van der Waals surface area contributed by atoms with Crippen LogP contribution >= 0.6 is 11.3 Å². The average Bonchev–Trinajstić information content (AvgIpc) is 3.16. The van der Waals surface area contributed by atoms with Crippen molar-refractivity contribution in [1.82, 2.24) is 14.3 Å². The zero-order valence-electron chi connectivity index (χ0n) is 13.4. The summed E-state index contributed by atoms with van der Waals surface area (Å²) in [6, 6.07) is -0.362. The van der Waals surface area contributed by atoms with Crippen molar-refractivity contribution in [3.8, 4) is 0 Å². The van der Waals surface area contributed by atoms with Crippen molar-refractivity contribution in [1.29, 1.82) is 0 Å². The van der Waals surface area contributed by atoms with Gasteiger partial charge in [-0.1, -0.05) is 6.92 Å². The minimum atomic E-state index is -1.17. The summed E-state index contributed by atoms with van der Waals surface area (Å²) in [5.41, 5.74) is 0.810. The summed E-state index contributed by atoms with van der Waals surface area (Å²) in [6.45, 7) is 3.40. The standard InChI is InChI=1S/C16H15N3O5S/c1-6-10(9-3-18-5-17-8(4-20)15(18)25-9)13(16(23)24)19-12(6)11(7(2)21)14(19)22/h3-7,11-12,21H,1-2H3,(H,23,24)/t6-,7+,11+,12+/m0/s1. The lowest BCUT2D eigenvalue weighted by Gasteiger charge is -2.46. The van der Waals surface area contributed by atoms with Gasteiger partial charge >= 0.3 is 5.97 Å². The largest absolute Gasteiger partial charge is 0.477 e. The first-order valence-corrected chi connectivity index (χ1v) is 8.59. The molecule has 4 heterocycles. The van der Waals surface area contributed by atoms with Gasteiger partial charge in [0.2, 0.25) is 5.91 Å². The molecule has 2 aliphatic heterocycles. The van der Waals surface area contributed by atoms with Crippen molar-refractivity contribution in [3.63, 3.8) is 0 Å². The highest BCUT2D eigenvalue weighted by Crippen LogP contribution is 2.51. The Morgan fingerprint density at radius 1 is 1.48 bits per heavy atom. The van der Waals surface area contributed by atoms with E-state index in [0.29, 0.717) is 27.3 Å². The van der Waals surface area contributed by atoms with E-state index in [-0.39, 0.29) is 23.6 Å². The van der Waals surface area contributed by atoms with Crippen LogP contribution < -0.4 is 0 Å². The van der Waals surface area contributed by atoms with Crippen LogP contribution in [-0.2, 0) is 9.59 Å². The molecule has 130 valence electrons. The normalized spacial score (nSPS) is 26.8. The molecule has 1 fully saturated rings. The summed E-state index contributed by atoms with van der Waals surface area (Å²) in [5.74, 6) is -2.37. The predicted octanol–water partition coefficient (Wildman–Crippen LogP) is 0.861. The Morgan fingerprint density at radius 2 is 2.20 bits per heavy atom. The van der Waals surface area contributed by atoms with E-state index in [1.54, 1.807) is 17.5 Å². The van der Waals surface area contributed by atoms with Gasteiger partial charge in [0, 0.05) is 17.7 Å². The molecule has 8 nitrogen and oxygen atoms in total. The second kappa shape index (κ2) is 5.24. The van der Waals surface area contributed by atoms with Gasteiger partial charge in [0.05, 0.1) is 22.9 Å². The minimum absolute atomic E-state index is 0.0375. The molecular formula is C16H15N3O5S. The lowest BCUT2D eigenvalue weighted by molar-refractivity contribution is -0.163. The Hall–Kier alpha value is -2.52. The molecule has 1 amide bonds. The second-order valence-corrected chi connectivity index (χ2v) is 7.41. The van der Waals surface area contributed by atoms with E-state index in [2.05, 4.69) is 4.98 Å². The molecule has 0 radical (unpaired) electrons. The Balaban J connectivity index is 1.86. The number of hydrogen-bond donors (Lipinski definition) is 2. The first-order valence-electron chi connectivity index (χ1n) is 7.77. The summed E-state index contributed by atoms with van der Waals surface area (Å²) < 4.78 is 1.67. The molecule has 2 aliphatic rings. The molecule has 0 unspecified atom stereocenters. The molecule has 4 atom stereocenters. The molecule has 0 aromatic carbocycles. The number of carbonyl (C=O) groups excluding carboxylic acids is 2. The molecule has 2 N–H and O–H groups in total. The van der Waals surface area contributed by atoms with E-state index >= 15 is 0 Å². The zero-order chi connectivity index (χ0) is 18.0. The number of hydrogen-bond acceptors (Lipinski definition) is 6. The van der Waals surface area contributed by atoms with Crippen molar-refractivity contribution < 1.29 is 24.6 Å². The Morgan fingerprint density at radius 3 is 2.80 bits per heavy atom. The monoisotopic (exact) mass is 361 g/mol. The number of thiazole rings is 1. The van der Waals surface area contributed by atoms with E-state index in [4.69, 9.17) is 0 Å². The van der Waals surface area contributed by atoms with E-state index in [1.165, 1.54) is 22.6 Å². The highest BCUT2D eigenvalue weighted by atomic mass is 32.1. The smallest absolute Gasteiger partial charge is 0.352 e. The van der Waals surface area contributed by atoms with Gasteiger partial charge in [0.15, 0.2) is 6.29 Å². The fraction of sp³-hybridized carbons (Fsp3) is 0.375. The number of fused-ring (bicyclic) bond motifs is 2. The molecule has 2 aromatic heterocycles. The molecule has 0 saturated carbocycles. The van der Waals surface area contributed by atoms with Crippen LogP contribution in [0, 0.1) is 11.8 Å². The quantitative estimate of drug-likeness (QED) is 0.617. The number of carboxylic acid groups (broad SMARTS) is 1. The molecule has 9 heteroatoms. The van der Waals surface area contributed by atoms with E-state index in [9.17, 15) is 24.6 Å². The van der Waals surface area contributed by atoms with Crippen LogP contribution in [0.5, 0.6) is 0 Å². The predicted molar refractivity (Wildman–Crippen MR) is 88.0 cm³/mol. The number of aliphatic carboxylic acids is 1. The van der Waals surface area contributed by atoms with Crippen molar-refractivity contribution in [2.45, 2.75) is 26.0 Å². The van der Waals surface area contributed by atoms with Gasteiger partial charge in [-0.15, -0.1) is 11.3 Å². The summed E-state index contributed by atoms with van der Waals surface area (Å²) >= 11 is 1.27. The highest BCUT2D eigenvalue weighted by molar-refractivity contribution is 7.18. The van der Waals surface area contributed by atoms with Gasteiger partial charge in [-0.25, -0.2) is 9.78 Å². The Labute approximate surface area is 146 Å². The van der Waals surface area contributed by atoms with Crippen molar-refractivity contribution in [2.75, 3.05) is 0 Å². The number of amides is 1. The van der Waals surface area contributed by atoms with Crippen LogP contribution in [0.4, 0.5) is 0 Å². The van der Waals surface area contributed by atoms with Gasteiger partial charge in [-0.05, 0) is 6.92 Å². The topological polar surface area (TPSA) is 112 Å². The number of β-lactam (4-membered cyclic amide) rings is 1. The van der Waals surface area contributed by atoms with Gasteiger partial charge in [-0.3, -0.25) is 14.0 Å². The van der Waals surface area contributed by atoms with Crippen LogP contribution in [0.15, 0.2) is 18.2 Å². The molecule has 2 aromatic rings. The molecule has 1 saturated heterocycles. The third-order valence-corrected chi connectivity index (χ3v) is 6.15. The number of imidazole rings is 1. The van der Waals surface area contributed by atoms with Gasteiger partial charge in [-0.2, -0.15) is 0 Å². The van der Waals surface area contributed by atoms with Crippen molar-refractivity contribution in [3.05, 3.63) is 28.8 Å². The average molecular weight is 361 g/mol. The Kier molecular flexibility index (Phi) is 3.35. The molecule has 25 heavy (non-hydrogen) atoms. The number of rotatable bonds is 4. The molecule has 0 aliphatic carbocycles. The van der Waals surface area contributed by atoms with E-state index in [0.717, 1.165) is 0 Å². The van der Waals surface area contributed by atoms with Crippen LogP contribution in [0.25, 0.3) is 10.4 Å². The summed E-state index contributed by atoms with van der Waals surface area (Å²) in [5, 5.41) is 19.5. The van der Waals surface area contributed by atoms with E-state index < -0.39 is 18.0 Å². The van der Waals surface area contributed by atoms with Crippen LogP contribution in [0.2, 0.25) is 0 Å². The third-order valence-electron chi connectivity index (χ3n) is 4.99. The third kappa shape index (κ3) is 1.96. The second-order valence-electron chi connectivity index (χ2n) is 6.38. The van der Waals surface area contributed by atoms with Crippen LogP contribution in [0.3, 0.4) is 0 Å². The molecule has 0 bridgehead atoms. The first-order chi connectivity index (χ1) is 11.9. The number of aliphatic hydroxyl groups is 1. The number of carboxylic acids is 1. The van der Waals surface area contributed by atoms with Gasteiger partial charge in [0.25, 0.3) is 0 Å². The van der Waals surface area contributed by atoms with Crippen LogP contribution in [0.1, 0.15) is 29.2 Å². The van der Waals surface area contributed by atoms with E-state index in [1.807, 2.05) is 6.92 Å². The lowest BCUT2D eigenvalue weighted by atomic mass is 9.77. The number of aliphatic hydroxyl groups excluding tert-OH is 1. The van der Waals surface area contributed by atoms with Gasteiger partial charge < -0.3 is 15.1 Å². The molecule has 0 spiro atoms. The maximum Gasteiger partial charge on any atom is 0.352 e. The first kappa shape index (κ1) is 16.0.